The van der Waals surface area contributed by atoms with Crippen LogP contribution >= 0.6 is 0 Å². The Hall–Kier alpha value is -1.63. The predicted molar refractivity (Wildman–Crippen MR) is 56.5 cm³/mol. The molecular weight excluding hydrogens is 214 g/mol. The molecule has 0 bridgehead atoms. The van der Waals surface area contributed by atoms with Gasteiger partial charge < -0.3 is 21.5 Å². The summed E-state index contributed by atoms with van der Waals surface area (Å²) in [6.45, 7) is 4.27. The third kappa shape index (κ3) is 4.74. The first-order chi connectivity index (χ1) is 7.25. The third-order valence-electron chi connectivity index (χ3n) is 1.89. The minimum Gasteiger partial charge on any atom is -0.480 e. The lowest BCUT2D eigenvalue weighted by molar-refractivity contribution is -0.141. The van der Waals surface area contributed by atoms with Crippen molar-refractivity contribution in [2.24, 2.45) is 5.73 Å². The number of rotatable bonds is 5. The van der Waals surface area contributed by atoms with E-state index in [1.54, 1.807) is 0 Å². The predicted octanol–water partition coefficient (Wildman–Crippen LogP) is -1.57. The highest BCUT2D eigenvalue weighted by atomic mass is 16.4. The first kappa shape index (κ1) is 14.4. The second-order valence-corrected chi connectivity index (χ2v) is 3.59. The molecule has 0 aliphatic heterocycles. The van der Waals surface area contributed by atoms with Crippen LogP contribution in [0.5, 0.6) is 0 Å². The minimum atomic E-state index is -1.14. The fourth-order valence-electron chi connectivity index (χ4n) is 0.811. The third-order valence-corrected chi connectivity index (χ3v) is 1.89. The second-order valence-electron chi connectivity index (χ2n) is 3.59. The number of nitrogens with two attached hydrogens (primary N) is 1. The van der Waals surface area contributed by atoms with Crippen LogP contribution in [-0.4, -0.2) is 41.0 Å². The van der Waals surface area contributed by atoms with Gasteiger partial charge in [-0.15, -0.1) is 0 Å². The van der Waals surface area contributed by atoms with Gasteiger partial charge in [0.15, 0.2) is 0 Å². The molecule has 7 heteroatoms. The zero-order chi connectivity index (χ0) is 12.9. The molecule has 0 radical (unpaired) electrons. The largest absolute Gasteiger partial charge is 0.480 e. The summed E-state index contributed by atoms with van der Waals surface area (Å²) >= 11 is 0. The normalized spacial score (nSPS) is 15.8. The van der Waals surface area contributed by atoms with Gasteiger partial charge in [0.05, 0.1) is 6.04 Å². The van der Waals surface area contributed by atoms with Crippen LogP contribution in [0.1, 0.15) is 20.8 Å². The summed E-state index contributed by atoms with van der Waals surface area (Å²) in [5, 5.41) is 13.1. The highest BCUT2D eigenvalue weighted by Gasteiger charge is 2.21. The van der Waals surface area contributed by atoms with Crippen LogP contribution in [0.3, 0.4) is 0 Å². The molecule has 0 unspecified atom stereocenters. The van der Waals surface area contributed by atoms with Crippen molar-refractivity contribution in [3.63, 3.8) is 0 Å². The highest BCUT2D eigenvalue weighted by Crippen LogP contribution is 1.88. The molecule has 0 aliphatic rings. The van der Waals surface area contributed by atoms with Crippen LogP contribution in [0.2, 0.25) is 0 Å². The number of hydrogen-bond donors (Lipinski definition) is 4. The number of carboxylic acids is 1. The van der Waals surface area contributed by atoms with Gasteiger partial charge >= 0.3 is 5.97 Å². The van der Waals surface area contributed by atoms with Crippen molar-refractivity contribution in [1.29, 1.82) is 0 Å². The molecular formula is C9H17N3O4. The summed E-state index contributed by atoms with van der Waals surface area (Å²) in [7, 11) is 0. The van der Waals surface area contributed by atoms with Crippen LogP contribution in [0.15, 0.2) is 0 Å². The molecule has 0 aromatic carbocycles. The van der Waals surface area contributed by atoms with Crippen molar-refractivity contribution >= 4 is 17.8 Å². The molecule has 0 saturated heterocycles. The number of aliphatic carboxylic acids is 1. The van der Waals surface area contributed by atoms with Crippen LogP contribution in [0, 0.1) is 0 Å². The Balaban J connectivity index is 4.19. The zero-order valence-electron chi connectivity index (χ0n) is 9.48. The van der Waals surface area contributed by atoms with Gasteiger partial charge in [0.2, 0.25) is 11.8 Å². The standard InChI is InChI=1S/C9H17N3O4/c1-4(10)7(13)11-5(2)8(14)12-6(3)9(15)16/h4-6H,10H2,1-3H3,(H,11,13)(H,12,14)(H,15,16)/t4-,5+,6+/m0/s1. The molecule has 0 spiro atoms. The fourth-order valence-corrected chi connectivity index (χ4v) is 0.811. The minimum absolute atomic E-state index is 0.467. The van der Waals surface area contributed by atoms with E-state index in [0.717, 1.165) is 0 Å². The van der Waals surface area contributed by atoms with Crippen LogP contribution in [0.4, 0.5) is 0 Å². The first-order valence-electron chi connectivity index (χ1n) is 4.84. The van der Waals surface area contributed by atoms with Gasteiger partial charge in [-0.05, 0) is 20.8 Å². The number of carbonyl (C=O) groups is 3. The van der Waals surface area contributed by atoms with Crippen molar-refractivity contribution in [2.75, 3.05) is 0 Å². The van der Waals surface area contributed by atoms with Crippen LogP contribution < -0.4 is 16.4 Å². The van der Waals surface area contributed by atoms with Crippen molar-refractivity contribution < 1.29 is 19.5 Å². The molecule has 3 atom stereocenters. The molecule has 0 aromatic rings. The van der Waals surface area contributed by atoms with Gasteiger partial charge in [-0.2, -0.15) is 0 Å². The molecule has 0 aliphatic carbocycles. The maximum absolute atomic E-state index is 11.4. The fraction of sp³-hybridized carbons (Fsp3) is 0.667. The summed E-state index contributed by atoms with van der Waals surface area (Å²) in [6, 6.07) is -2.53. The van der Waals surface area contributed by atoms with Gasteiger partial charge in [0, 0.05) is 0 Å². The van der Waals surface area contributed by atoms with Gasteiger partial charge in [0.25, 0.3) is 0 Å². The monoisotopic (exact) mass is 231 g/mol. The number of hydrogen-bond acceptors (Lipinski definition) is 4. The maximum Gasteiger partial charge on any atom is 0.325 e. The quantitative estimate of drug-likeness (QED) is 0.455. The Labute approximate surface area is 93.4 Å². The molecule has 2 amide bonds. The summed E-state index contributed by atoms with van der Waals surface area (Å²) in [5.74, 6) is -2.17. The van der Waals surface area contributed by atoms with Gasteiger partial charge in [-0.25, -0.2) is 0 Å². The number of carbonyl (C=O) groups excluding carboxylic acids is 2. The summed E-state index contributed by atoms with van der Waals surface area (Å²) in [5.41, 5.74) is 5.30. The average Bonchev–Trinajstić information content (AvgIpc) is 2.16. The molecule has 0 rings (SSSR count). The summed E-state index contributed by atoms with van der Waals surface area (Å²) in [6.07, 6.45) is 0. The van der Waals surface area contributed by atoms with Crippen molar-refractivity contribution in [2.45, 2.75) is 38.9 Å². The SMILES string of the molecule is C[C@H](N)C(=O)N[C@H](C)C(=O)N[C@H](C)C(=O)O. The molecule has 0 fully saturated rings. The van der Waals surface area contributed by atoms with Gasteiger partial charge in [-0.1, -0.05) is 0 Å². The molecule has 0 saturated carbocycles. The Morgan fingerprint density at radius 3 is 1.81 bits per heavy atom. The van der Waals surface area contributed by atoms with Gasteiger partial charge in [-0.3, -0.25) is 14.4 Å². The van der Waals surface area contributed by atoms with Crippen LogP contribution in [-0.2, 0) is 14.4 Å². The zero-order valence-corrected chi connectivity index (χ0v) is 9.48. The highest BCUT2D eigenvalue weighted by molar-refractivity contribution is 5.91. The van der Waals surface area contributed by atoms with E-state index in [2.05, 4.69) is 10.6 Å². The molecule has 0 heterocycles. The van der Waals surface area contributed by atoms with E-state index in [9.17, 15) is 14.4 Å². The lowest BCUT2D eigenvalue weighted by Gasteiger charge is -2.17. The van der Waals surface area contributed by atoms with E-state index in [1.807, 2.05) is 0 Å². The topological polar surface area (TPSA) is 122 Å². The van der Waals surface area contributed by atoms with Gasteiger partial charge in [0.1, 0.15) is 12.1 Å². The number of nitrogens with one attached hydrogen (secondary N) is 2. The molecule has 92 valence electrons. The van der Waals surface area contributed by atoms with E-state index in [1.165, 1.54) is 20.8 Å². The maximum atomic E-state index is 11.4. The average molecular weight is 231 g/mol. The van der Waals surface area contributed by atoms with Crippen molar-refractivity contribution in [3.8, 4) is 0 Å². The molecule has 7 nitrogen and oxygen atoms in total. The summed E-state index contributed by atoms with van der Waals surface area (Å²) < 4.78 is 0. The number of amides is 2. The Bertz CT molecular complexity index is 290. The van der Waals surface area contributed by atoms with Crippen molar-refractivity contribution in [3.05, 3.63) is 0 Å². The van der Waals surface area contributed by atoms with E-state index in [-0.39, 0.29) is 0 Å². The smallest absolute Gasteiger partial charge is 0.325 e. The Kier molecular flexibility index (Phi) is 5.44. The molecule has 16 heavy (non-hydrogen) atoms. The molecule has 0 aromatic heterocycles. The Morgan fingerprint density at radius 1 is 1.00 bits per heavy atom. The second kappa shape index (κ2) is 6.06. The van der Waals surface area contributed by atoms with Crippen LogP contribution in [0.25, 0.3) is 0 Å². The summed E-state index contributed by atoms with van der Waals surface area (Å²) in [4.78, 5) is 33.0. The van der Waals surface area contributed by atoms with E-state index < -0.39 is 35.9 Å². The first-order valence-corrected chi connectivity index (χ1v) is 4.84. The number of carboxylic acid groups (broad SMARTS) is 1. The Morgan fingerprint density at radius 2 is 1.44 bits per heavy atom. The lowest BCUT2D eigenvalue weighted by atomic mass is 10.2. The lowest BCUT2D eigenvalue weighted by Crippen LogP contribution is -2.52. The van der Waals surface area contributed by atoms with E-state index in [0.29, 0.717) is 0 Å². The van der Waals surface area contributed by atoms with E-state index in [4.69, 9.17) is 10.8 Å². The van der Waals surface area contributed by atoms with E-state index >= 15 is 0 Å². The van der Waals surface area contributed by atoms with Crippen molar-refractivity contribution in [1.82, 2.24) is 10.6 Å². The molecule has 5 N–H and O–H groups in total.